The summed E-state index contributed by atoms with van der Waals surface area (Å²) in [5.41, 5.74) is 2.63. The molecule has 166 valence electrons. The Morgan fingerprint density at radius 1 is 1.03 bits per heavy atom. The number of nitrogens with zero attached hydrogens (tertiary/aromatic N) is 2. The van der Waals surface area contributed by atoms with Crippen molar-refractivity contribution in [2.24, 2.45) is 5.10 Å². The number of rotatable bonds is 8. The van der Waals surface area contributed by atoms with Crippen LogP contribution in [-0.2, 0) is 10.0 Å². The lowest BCUT2D eigenvalue weighted by Gasteiger charge is -2.14. The molecule has 0 saturated heterocycles. The molecule has 0 bridgehead atoms. The van der Waals surface area contributed by atoms with Gasteiger partial charge in [0.2, 0.25) is 0 Å². The van der Waals surface area contributed by atoms with Crippen LogP contribution < -0.4 is 14.9 Å². The van der Waals surface area contributed by atoms with Gasteiger partial charge >= 0.3 is 0 Å². The number of benzene rings is 3. The largest absolute Gasteiger partial charge is 0.504 e. The van der Waals surface area contributed by atoms with Gasteiger partial charge in [-0.3, -0.25) is 20.3 Å². The first-order valence-corrected chi connectivity index (χ1v) is 10.4. The van der Waals surface area contributed by atoms with E-state index in [0.29, 0.717) is 5.56 Å². The fourth-order valence-electron chi connectivity index (χ4n) is 2.67. The van der Waals surface area contributed by atoms with Gasteiger partial charge in [-0.1, -0.05) is 12.1 Å². The molecule has 0 aromatic heterocycles. The van der Waals surface area contributed by atoms with E-state index < -0.39 is 25.5 Å². The van der Waals surface area contributed by atoms with Gasteiger partial charge in [-0.2, -0.15) is 5.10 Å². The van der Waals surface area contributed by atoms with Crippen molar-refractivity contribution >= 4 is 33.3 Å². The quantitative estimate of drug-likeness (QED) is 0.173. The number of nitrogens with one attached hydrogen (secondary N) is 2. The molecule has 3 rings (SSSR count). The third-order valence-electron chi connectivity index (χ3n) is 4.21. The number of sulfonamides is 1. The summed E-state index contributed by atoms with van der Waals surface area (Å²) in [4.78, 5) is 10.1. The summed E-state index contributed by atoms with van der Waals surface area (Å²) in [6.07, 6.45) is 1.27. The minimum Gasteiger partial charge on any atom is -0.504 e. The van der Waals surface area contributed by atoms with Crippen molar-refractivity contribution in [1.82, 2.24) is 0 Å². The van der Waals surface area contributed by atoms with E-state index in [9.17, 15) is 28.7 Å². The fraction of sp³-hybridized carbons (Fsp3) is 0.0500. The SMILES string of the molecule is COc1ccccc1NS(=O)(=O)c1cc([N+](=O)[O-])ccc1N/N=C/c1ccc(O)c(O)c1. The third-order valence-corrected chi connectivity index (χ3v) is 5.62. The lowest BCUT2D eigenvalue weighted by atomic mass is 10.2. The summed E-state index contributed by atoms with van der Waals surface area (Å²) in [5.74, 6) is -0.393. The molecule has 3 aromatic rings. The molecule has 0 aliphatic carbocycles. The Labute approximate surface area is 182 Å². The molecule has 0 saturated carbocycles. The maximum Gasteiger partial charge on any atom is 0.270 e. The van der Waals surface area contributed by atoms with Crippen LogP contribution in [0.1, 0.15) is 5.56 Å². The highest BCUT2D eigenvalue weighted by Crippen LogP contribution is 2.31. The molecule has 0 atom stereocenters. The van der Waals surface area contributed by atoms with E-state index in [4.69, 9.17) is 4.74 Å². The van der Waals surface area contributed by atoms with Crippen molar-refractivity contribution in [3.05, 3.63) is 76.3 Å². The van der Waals surface area contributed by atoms with Gasteiger partial charge in [0.05, 0.1) is 29.6 Å². The number of phenolic OH excluding ortho intramolecular Hbond substituents is 2. The molecule has 0 unspecified atom stereocenters. The van der Waals surface area contributed by atoms with Gasteiger partial charge in [0.1, 0.15) is 10.6 Å². The second-order valence-corrected chi connectivity index (χ2v) is 8.01. The first-order chi connectivity index (χ1) is 15.2. The Hall–Kier alpha value is -4.32. The predicted octanol–water partition coefficient (Wildman–Crippen LogP) is 3.26. The molecule has 0 radical (unpaired) electrons. The highest BCUT2D eigenvalue weighted by Gasteiger charge is 2.23. The predicted molar refractivity (Wildman–Crippen MR) is 118 cm³/mol. The number of non-ortho nitro benzene ring substituents is 1. The fourth-order valence-corrected chi connectivity index (χ4v) is 3.91. The molecule has 3 aromatic carbocycles. The van der Waals surface area contributed by atoms with Crippen LogP contribution in [0.4, 0.5) is 17.1 Å². The molecule has 0 spiro atoms. The van der Waals surface area contributed by atoms with E-state index in [-0.39, 0.29) is 28.6 Å². The number of para-hydroxylation sites is 2. The zero-order valence-corrected chi connectivity index (χ0v) is 17.4. The normalized spacial score (nSPS) is 11.3. The van der Waals surface area contributed by atoms with Gasteiger partial charge < -0.3 is 14.9 Å². The molecule has 32 heavy (non-hydrogen) atoms. The number of methoxy groups -OCH3 is 1. The summed E-state index contributed by atoms with van der Waals surface area (Å²) < 4.78 is 33.6. The van der Waals surface area contributed by atoms with E-state index in [1.165, 1.54) is 43.7 Å². The third kappa shape index (κ3) is 5.05. The van der Waals surface area contributed by atoms with Crippen molar-refractivity contribution < 1.29 is 28.3 Å². The monoisotopic (exact) mass is 458 g/mol. The number of hydrazone groups is 1. The second kappa shape index (κ2) is 9.22. The summed E-state index contributed by atoms with van der Waals surface area (Å²) in [6, 6.07) is 13.5. The smallest absolute Gasteiger partial charge is 0.270 e. The Morgan fingerprint density at radius 2 is 1.78 bits per heavy atom. The maximum absolute atomic E-state index is 13.0. The Kier molecular flexibility index (Phi) is 6.45. The molecule has 0 heterocycles. The first-order valence-electron chi connectivity index (χ1n) is 8.96. The van der Waals surface area contributed by atoms with E-state index in [1.807, 2.05) is 0 Å². The molecular weight excluding hydrogens is 440 g/mol. The van der Waals surface area contributed by atoms with Gasteiger partial charge in [-0.05, 0) is 42.0 Å². The van der Waals surface area contributed by atoms with Crippen molar-refractivity contribution in [3.63, 3.8) is 0 Å². The second-order valence-electron chi connectivity index (χ2n) is 6.36. The number of nitro groups is 1. The van der Waals surface area contributed by atoms with Crippen LogP contribution in [0.3, 0.4) is 0 Å². The molecule has 0 amide bonds. The topological polar surface area (TPSA) is 163 Å². The highest BCUT2D eigenvalue weighted by molar-refractivity contribution is 7.93. The summed E-state index contributed by atoms with van der Waals surface area (Å²) in [6.45, 7) is 0. The van der Waals surface area contributed by atoms with Crippen LogP contribution in [0, 0.1) is 10.1 Å². The molecular formula is C20H18N4O7S. The molecule has 0 aliphatic rings. The first kappa shape index (κ1) is 22.4. The van der Waals surface area contributed by atoms with Crippen LogP contribution in [0.5, 0.6) is 17.2 Å². The van der Waals surface area contributed by atoms with E-state index in [0.717, 1.165) is 12.1 Å². The minimum absolute atomic E-state index is 0.0303. The summed E-state index contributed by atoms with van der Waals surface area (Å²) >= 11 is 0. The van der Waals surface area contributed by atoms with E-state index in [1.54, 1.807) is 18.2 Å². The van der Waals surface area contributed by atoms with Crippen LogP contribution in [0.15, 0.2) is 70.7 Å². The number of ether oxygens (including phenoxy) is 1. The maximum atomic E-state index is 13.0. The zero-order chi connectivity index (χ0) is 23.3. The number of hydrogen-bond donors (Lipinski definition) is 4. The molecule has 4 N–H and O–H groups in total. The summed E-state index contributed by atoms with van der Waals surface area (Å²) in [5, 5.41) is 34.0. The summed E-state index contributed by atoms with van der Waals surface area (Å²) in [7, 11) is -2.91. The average molecular weight is 458 g/mol. The van der Waals surface area contributed by atoms with Crippen LogP contribution in [-0.4, -0.2) is 36.9 Å². The van der Waals surface area contributed by atoms with Crippen LogP contribution in [0.25, 0.3) is 0 Å². The van der Waals surface area contributed by atoms with Gasteiger partial charge in [0.25, 0.3) is 15.7 Å². The van der Waals surface area contributed by atoms with E-state index in [2.05, 4.69) is 15.2 Å². The van der Waals surface area contributed by atoms with Crippen molar-refractivity contribution in [2.45, 2.75) is 4.90 Å². The van der Waals surface area contributed by atoms with Crippen molar-refractivity contribution in [3.8, 4) is 17.2 Å². The van der Waals surface area contributed by atoms with Gasteiger partial charge in [0.15, 0.2) is 11.5 Å². The lowest BCUT2D eigenvalue weighted by molar-refractivity contribution is -0.385. The minimum atomic E-state index is -4.28. The number of hydrogen-bond acceptors (Lipinski definition) is 9. The lowest BCUT2D eigenvalue weighted by Crippen LogP contribution is -2.15. The molecule has 11 nitrogen and oxygen atoms in total. The zero-order valence-electron chi connectivity index (χ0n) is 16.6. The Morgan fingerprint density at radius 3 is 2.47 bits per heavy atom. The molecule has 0 fully saturated rings. The number of anilines is 2. The standard InChI is InChI=1S/C20H18N4O7S/c1-31-19-5-3-2-4-15(19)23-32(29,30)20-11-14(24(27)28)7-8-16(20)22-21-12-13-6-9-17(25)18(26)10-13/h2-12,22-23,25-26H,1H3/b21-12+. The van der Waals surface area contributed by atoms with E-state index >= 15 is 0 Å². The molecule has 0 aliphatic heterocycles. The van der Waals surface area contributed by atoms with Gasteiger partial charge in [0, 0.05) is 12.1 Å². The Balaban J connectivity index is 1.96. The van der Waals surface area contributed by atoms with Gasteiger partial charge in [-0.15, -0.1) is 0 Å². The van der Waals surface area contributed by atoms with Crippen LogP contribution in [0.2, 0.25) is 0 Å². The molecule has 12 heteroatoms. The number of aromatic hydroxyl groups is 2. The number of nitro benzene ring substituents is 1. The van der Waals surface area contributed by atoms with Crippen LogP contribution >= 0.6 is 0 Å². The van der Waals surface area contributed by atoms with Gasteiger partial charge in [-0.25, -0.2) is 8.42 Å². The average Bonchev–Trinajstić information content (AvgIpc) is 2.76. The highest BCUT2D eigenvalue weighted by atomic mass is 32.2. The van der Waals surface area contributed by atoms with Crippen molar-refractivity contribution in [2.75, 3.05) is 17.3 Å². The van der Waals surface area contributed by atoms with Crippen molar-refractivity contribution in [1.29, 1.82) is 0 Å². The number of phenols is 2. The Bertz CT molecular complexity index is 1290.